The lowest BCUT2D eigenvalue weighted by molar-refractivity contribution is 0.103. The Morgan fingerprint density at radius 2 is 2.00 bits per heavy atom. The van der Waals surface area contributed by atoms with Gasteiger partial charge in [-0.3, -0.25) is 4.79 Å². The molecule has 0 radical (unpaired) electrons. The summed E-state index contributed by atoms with van der Waals surface area (Å²) in [5.74, 6) is 0.347. The van der Waals surface area contributed by atoms with Gasteiger partial charge in [-0.05, 0) is 42.9 Å². The number of fused-ring (bicyclic) bond motifs is 2. The number of thiophene rings is 1. The fourth-order valence-electron chi connectivity index (χ4n) is 4.48. The molecule has 3 heterocycles. The molecule has 5 rings (SSSR count). The Morgan fingerprint density at radius 3 is 2.74 bits per heavy atom. The molecule has 2 aromatic carbocycles. The molecule has 9 heteroatoms. The Balaban J connectivity index is 1.75. The molecule has 0 saturated carbocycles. The van der Waals surface area contributed by atoms with Gasteiger partial charge in [-0.1, -0.05) is 12.1 Å². The molecule has 1 aliphatic heterocycles. The van der Waals surface area contributed by atoms with Crippen LogP contribution in [-0.4, -0.2) is 43.6 Å². The topological polar surface area (TPSA) is 89.7 Å². The number of carbonyl (C=O) groups excluding carboxylic acids is 1. The number of nitrogens with zero attached hydrogens (tertiary/aromatic N) is 2. The number of nitrogens with one attached hydrogen (secondary N) is 1. The van der Waals surface area contributed by atoms with Crippen molar-refractivity contribution >= 4 is 38.8 Å². The molecular weight excluding hydrogens is 467 g/mol. The molecule has 0 aliphatic carbocycles. The van der Waals surface area contributed by atoms with Crippen LogP contribution in [0.1, 0.15) is 20.9 Å². The Labute approximate surface area is 206 Å². The number of ether oxygens (including phenoxy) is 2. The van der Waals surface area contributed by atoms with Gasteiger partial charge >= 0.3 is 0 Å². The van der Waals surface area contributed by atoms with Crippen LogP contribution in [0.2, 0.25) is 0 Å². The Hall–Kier alpha value is -3.69. The third-order valence-corrected chi connectivity index (χ3v) is 7.32. The average molecular weight is 493 g/mol. The molecule has 0 fully saturated rings. The molecule has 2 aromatic heterocycles. The fourth-order valence-corrected chi connectivity index (χ4v) is 5.50. The first-order chi connectivity index (χ1) is 16.9. The minimum Gasteiger partial charge on any atom is -0.497 e. The number of rotatable bonds is 5. The molecule has 0 unspecified atom stereocenters. The predicted molar refractivity (Wildman–Crippen MR) is 137 cm³/mol. The van der Waals surface area contributed by atoms with E-state index >= 15 is 0 Å². The monoisotopic (exact) mass is 492 g/mol. The van der Waals surface area contributed by atoms with Crippen LogP contribution in [0.25, 0.3) is 21.3 Å². The van der Waals surface area contributed by atoms with E-state index in [2.05, 4.69) is 17.3 Å². The summed E-state index contributed by atoms with van der Waals surface area (Å²) < 4.78 is 25.4. The summed E-state index contributed by atoms with van der Waals surface area (Å²) in [6, 6.07) is 11.6. The van der Waals surface area contributed by atoms with Gasteiger partial charge in [0.25, 0.3) is 5.91 Å². The first kappa shape index (κ1) is 23.1. The molecule has 3 N–H and O–H groups in total. The predicted octanol–water partition coefficient (Wildman–Crippen LogP) is 4.94. The first-order valence-electron chi connectivity index (χ1n) is 11.1. The Bertz CT molecular complexity index is 1450. The summed E-state index contributed by atoms with van der Waals surface area (Å²) in [7, 11) is 5.29. The van der Waals surface area contributed by atoms with Crippen molar-refractivity contribution in [3.8, 4) is 22.6 Å². The van der Waals surface area contributed by atoms with E-state index in [1.807, 2.05) is 18.2 Å². The Kier molecular flexibility index (Phi) is 6.04. The normalized spacial score (nSPS) is 13.5. The maximum absolute atomic E-state index is 14.2. The number of nitrogens with two attached hydrogens (primary N) is 1. The summed E-state index contributed by atoms with van der Waals surface area (Å²) in [5.41, 5.74) is 10.7. The number of amides is 1. The molecule has 7 nitrogen and oxygen atoms in total. The van der Waals surface area contributed by atoms with Crippen molar-refractivity contribution in [1.29, 1.82) is 0 Å². The van der Waals surface area contributed by atoms with Gasteiger partial charge in [-0.15, -0.1) is 11.3 Å². The van der Waals surface area contributed by atoms with E-state index in [1.165, 1.54) is 23.5 Å². The summed E-state index contributed by atoms with van der Waals surface area (Å²) in [4.78, 5) is 21.2. The molecule has 0 bridgehead atoms. The zero-order chi connectivity index (χ0) is 24.7. The molecule has 1 aliphatic rings. The largest absolute Gasteiger partial charge is 0.497 e. The molecule has 0 saturated heterocycles. The summed E-state index contributed by atoms with van der Waals surface area (Å²) in [5, 5.41) is 3.33. The summed E-state index contributed by atoms with van der Waals surface area (Å²) in [6.45, 7) is 1.56. The maximum Gasteiger partial charge on any atom is 0.268 e. The first-order valence-corrected chi connectivity index (χ1v) is 11.9. The number of pyridine rings is 1. The second kappa shape index (κ2) is 9.16. The van der Waals surface area contributed by atoms with Gasteiger partial charge in [0.1, 0.15) is 27.0 Å². The van der Waals surface area contributed by atoms with Gasteiger partial charge in [0.2, 0.25) is 0 Å². The molecule has 0 spiro atoms. The highest BCUT2D eigenvalue weighted by molar-refractivity contribution is 7.21. The van der Waals surface area contributed by atoms with Gasteiger partial charge in [0.15, 0.2) is 0 Å². The van der Waals surface area contributed by atoms with Crippen LogP contribution in [0.3, 0.4) is 0 Å². The number of hydrogen-bond donors (Lipinski definition) is 2. The van der Waals surface area contributed by atoms with Crippen LogP contribution >= 0.6 is 11.3 Å². The quantitative estimate of drug-likeness (QED) is 0.410. The fraction of sp³-hybridized carbons (Fsp3) is 0.231. The highest BCUT2D eigenvalue weighted by atomic mass is 32.1. The number of halogens is 1. The minimum atomic E-state index is -0.515. The molecule has 180 valence electrons. The van der Waals surface area contributed by atoms with E-state index in [4.69, 9.17) is 20.2 Å². The van der Waals surface area contributed by atoms with Crippen LogP contribution in [0.5, 0.6) is 11.5 Å². The van der Waals surface area contributed by atoms with Crippen LogP contribution in [0.4, 0.5) is 15.8 Å². The van der Waals surface area contributed by atoms with E-state index in [0.717, 1.165) is 35.3 Å². The number of aromatic nitrogens is 1. The number of benzene rings is 2. The number of hydrogen-bond acceptors (Lipinski definition) is 7. The lowest BCUT2D eigenvalue weighted by Crippen LogP contribution is -2.28. The highest BCUT2D eigenvalue weighted by Crippen LogP contribution is 2.46. The van der Waals surface area contributed by atoms with E-state index in [0.29, 0.717) is 33.9 Å². The second-order valence-corrected chi connectivity index (χ2v) is 9.42. The Morgan fingerprint density at radius 1 is 1.20 bits per heavy atom. The standard InChI is InChI=1S/C26H25FN4O3S/c1-31-11-10-18-16(13-31)21(15-12-14(33-2)8-9-20(15)34-3)22-23(28)24(35-26(22)30-18)25(32)29-19-7-5-4-6-17(19)27/h4-9,12H,10-11,13,28H2,1-3H3,(H,29,32). The molecule has 35 heavy (non-hydrogen) atoms. The molecular formula is C26H25FN4O3S. The minimum absolute atomic E-state index is 0.0953. The van der Waals surface area contributed by atoms with Crippen molar-refractivity contribution < 1.29 is 18.7 Å². The molecule has 4 aromatic rings. The zero-order valence-electron chi connectivity index (χ0n) is 19.6. The third-order valence-electron chi connectivity index (χ3n) is 6.23. The number of anilines is 2. The van der Waals surface area contributed by atoms with E-state index in [1.54, 1.807) is 26.4 Å². The summed E-state index contributed by atoms with van der Waals surface area (Å²) >= 11 is 1.21. The lowest BCUT2D eigenvalue weighted by Gasteiger charge is -2.27. The number of likely N-dealkylation sites (N-methyl/N-ethyl adjacent to an activating group) is 1. The van der Waals surface area contributed by atoms with Crippen molar-refractivity contribution in [3.05, 3.63) is 64.4 Å². The second-order valence-electron chi connectivity index (χ2n) is 8.43. The van der Waals surface area contributed by atoms with Gasteiger partial charge in [0.05, 0.1) is 25.6 Å². The van der Waals surface area contributed by atoms with Crippen molar-refractivity contribution in [2.24, 2.45) is 0 Å². The van der Waals surface area contributed by atoms with E-state index in [-0.39, 0.29) is 10.6 Å². The lowest BCUT2D eigenvalue weighted by atomic mass is 9.91. The maximum atomic E-state index is 14.2. The molecule has 1 amide bonds. The number of methoxy groups -OCH3 is 2. The third kappa shape index (κ3) is 4.06. The van der Waals surface area contributed by atoms with Crippen LogP contribution < -0.4 is 20.5 Å². The zero-order valence-corrected chi connectivity index (χ0v) is 20.5. The average Bonchev–Trinajstić information content (AvgIpc) is 3.19. The van der Waals surface area contributed by atoms with Crippen LogP contribution in [0, 0.1) is 5.82 Å². The van der Waals surface area contributed by atoms with Crippen LogP contribution in [-0.2, 0) is 13.0 Å². The summed E-state index contributed by atoms with van der Waals surface area (Å²) in [6.07, 6.45) is 0.773. The number of para-hydroxylation sites is 1. The number of carbonyl (C=O) groups is 1. The van der Waals surface area contributed by atoms with E-state index < -0.39 is 11.7 Å². The van der Waals surface area contributed by atoms with Gasteiger partial charge < -0.3 is 25.4 Å². The van der Waals surface area contributed by atoms with Gasteiger partial charge in [-0.25, -0.2) is 9.37 Å². The van der Waals surface area contributed by atoms with Crippen molar-refractivity contribution in [3.63, 3.8) is 0 Å². The SMILES string of the molecule is COc1ccc(OC)c(-c2c3c(nc4sc(C(=O)Nc5ccccc5F)c(N)c24)CCN(C)C3)c1. The van der Waals surface area contributed by atoms with Crippen LogP contribution in [0.15, 0.2) is 42.5 Å². The van der Waals surface area contributed by atoms with E-state index in [9.17, 15) is 9.18 Å². The molecule has 0 atom stereocenters. The highest BCUT2D eigenvalue weighted by Gasteiger charge is 2.28. The van der Waals surface area contributed by atoms with Gasteiger partial charge in [-0.2, -0.15) is 0 Å². The smallest absolute Gasteiger partial charge is 0.268 e. The van der Waals surface area contributed by atoms with Crippen molar-refractivity contribution in [2.45, 2.75) is 13.0 Å². The van der Waals surface area contributed by atoms with Gasteiger partial charge in [0, 0.05) is 41.7 Å². The van der Waals surface area contributed by atoms with Crippen molar-refractivity contribution in [1.82, 2.24) is 9.88 Å². The van der Waals surface area contributed by atoms with Crippen molar-refractivity contribution in [2.75, 3.05) is 38.9 Å². The number of nitrogen functional groups attached to an aromatic ring is 1.